The summed E-state index contributed by atoms with van der Waals surface area (Å²) in [4.78, 5) is 4.40. The van der Waals surface area contributed by atoms with Crippen LogP contribution in [-0.2, 0) is 7.05 Å². The molecule has 4 nitrogen and oxygen atoms in total. The lowest BCUT2D eigenvalue weighted by Crippen LogP contribution is -1.99. The monoisotopic (exact) mass is 245 g/mol. The first kappa shape index (κ1) is 12.5. The molecule has 0 radical (unpaired) electrons. The Morgan fingerprint density at radius 1 is 1.28 bits per heavy atom. The first-order chi connectivity index (χ1) is 8.69. The maximum Gasteiger partial charge on any atom is 0.207 e. The number of nitrogens with zero attached hydrogens (tertiary/aromatic N) is 2. The molecular formula is C14H19N3O. The Hall–Kier alpha value is -1.97. The Bertz CT molecular complexity index is 502. The number of rotatable bonds is 5. The van der Waals surface area contributed by atoms with Gasteiger partial charge in [0.1, 0.15) is 5.75 Å². The summed E-state index contributed by atoms with van der Waals surface area (Å²) >= 11 is 0. The molecule has 18 heavy (non-hydrogen) atoms. The van der Waals surface area contributed by atoms with Crippen LogP contribution in [0.4, 0.5) is 11.6 Å². The van der Waals surface area contributed by atoms with Crippen molar-refractivity contribution >= 4 is 11.6 Å². The molecule has 4 heteroatoms. The predicted molar refractivity (Wildman–Crippen MR) is 73.5 cm³/mol. The molecule has 0 aliphatic carbocycles. The van der Waals surface area contributed by atoms with Gasteiger partial charge in [0.25, 0.3) is 0 Å². The molecule has 0 unspecified atom stereocenters. The number of anilines is 2. The number of aryl methyl sites for hydroxylation is 2. The van der Waals surface area contributed by atoms with Crippen molar-refractivity contribution in [1.82, 2.24) is 9.55 Å². The van der Waals surface area contributed by atoms with E-state index in [2.05, 4.69) is 17.2 Å². The second-order valence-corrected chi connectivity index (χ2v) is 4.31. The summed E-state index contributed by atoms with van der Waals surface area (Å²) in [6.07, 6.45) is 3.01. The average molecular weight is 245 g/mol. The van der Waals surface area contributed by atoms with E-state index in [4.69, 9.17) is 4.74 Å². The number of aromatic nitrogens is 2. The van der Waals surface area contributed by atoms with Crippen molar-refractivity contribution in [3.63, 3.8) is 0 Å². The minimum atomic E-state index is 0.755. The van der Waals surface area contributed by atoms with Crippen LogP contribution in [0, 0.1) is 6.92 Å². The van der Waals surface area contributed by atoms with Crippen molar-refractivity contribution in [3.8, 4) is 5.75 Å². The van der Waals surface area contributed by atoms with Gasteiger partial charge in [-0.1, -0.05) is 6.92 Å². The lowest BCUT2D eigenvalue weighted by molar-refractivity contribution is 0.317. The molecule has 2 rings (SSSR count). The summed E-state index contributed by atoms with van der Waals surface area (Å²) in [5, 5.41) is 3.27. The Labute approximate surface area is 108 Å². The third kappa shape index (κ3) is 3.03. The van der Waals surface area contributed by atoms with Crippen LogP contribution in [0.5, 0.6) is 5.75 Å². The molecule has 0 saturated heterocycles. The molecular weight excluding hydrogens is 226 g/mol. The number of benzene rings is 1. The van der Waals surface area contributed by atoms with Gasteiger partial charge in [0.05, 0.1) is 12.3 Å². The zero-order valence-electron chi connectivity index (χ0n) is 11.1. The van der Waals surface area contributed by atoms with Gasteiger partial charge in [-0.05, 0) is 37.6 Å². The molecule has 1 heterocycles. The van der Waals surface area contributed by atoms with Crippen LogP contribution in [0.15, 0.2) is 30.5 Å². The maximum atomic E-state index is 5.54. The van der Waals surface area contributed by atoms with Gasteiger partial charge in [0.15, 0.2) is 0 Å². The number of nitrogens with one attached hydrogen (secondary N) is 1. The highest BCUT2D eigenvalue weighted by Crippen LogP contribution is 2.19. The number of ether oxygens (including phenoxy) is 1. The molecule has 0 aliphatic rings. The average Bonchev–Trinajstić information content (AvgIpc) is 2.67. The minimum Gasteiger partial charge on any atom is -0.494 e. The topological polar surface area (TPSA) is 39.1 Å². The second-order valence-electron chi connectivity index (χ2n) is 4.31. The van der Waals surface area contributed by atoms with Gasteiger partial charge in [0, 0.05) is 18.9 Å². The van der Waals surface area contributed by atoms with Crippen LogP contribution in [0.2, 0.25) is 0 Å². The molecule has 0 aliphatic heterocycles. The maximum absolute atomic E-state index is 5.54. The van der Waals surface area contributed by atoms with Crippen molar-refractivity contribution in [3.05, 3.63) is 36.2 Å². The molecule has 1 aromatic heterocycles. The van der Waals surface area contributed by atoms with E-state index in [0.29, 0.717) is 0 Å². The van der Waals surface area contributed by atoms with E-state index in [1.807, 2.05) is 49.0 Å². The zero-order chi connectivity index (χ0) is 13.0. The Morgan fingerprint density at radius 2 is 2.00 bits per heavy atom. The SMILES string of the molecule is CCCOc1ccc(Nc2nc(C)cn2C)cc1. The van der Waals surface area contributed by atoms with Crippen molar-refractivity contribution in [2.24, 2.45) is 7.05 Å². The molecule has 1 aromatic carbocycles. The van der Waals surface area contributed by atoms with E-state index in [1.54, 1.807) is 0 Å². The van der Waals surface area contributed by atoms with Gasteiger partial charge in [-0.2, -0.15) is 0 Å². The summed E-state index contributed by atoms with van der Waals surface area (Å²) in [7, 11) is 1.97. The van der Waals surface area contributed by atoms with E-state index in [-0.39, 0.29) is 0 Å². The van der Waals surface area contributed by atoms with Crippen LogP contribution >= 0.6 is 0 Å². The van der Waals surface area contributed by atoms with Gasteiger partial charge in [-0.3, -0.25) is 0 Å². The normalized spacial score (nSPS) is 10.4. The Kier molecular flexibility index (Phi) is 3.87. The summed E-state index contributed by atoms with van der Waals surface area (Å²) < 4.78 is 7.51. The van der Waals surface area contributed by atoms with Crippen LogP contribution in [0.3, 0.4) is 0 Å². The van der Waals surface area contributed by atoms with Crippen LogP contribution in [-0.4, -0.2) is 16.2 Å². The molecule has 96 valence electrons. The quantitative estimate of drug-likeness (QED) is 0.878. The third-order valence-electron chi connectivity index (χ3n) is 2.58. The van der Waals surface area contributed by atoms with Crippen LogP contribution < -0.4 is 10.1 Å². The van der Waals surface area contributed by atoms with Crippen LogP contribution in [0.25, 0.3) is 0 Å². The lowest BCUT2D eigenvalue weighted by atomic mass is 10.3. The van der Waals surface area contributed by atoms with E-state index in [0.717, 1.165) is 36.1 Å². The Morgan fingerprint density at radius 3 is 2.56 bits per heavy atom. The summed E-state index contributed by atoms with van der Waals surface area (Å²) in [5.41, 5.74) is 2.01. The highest BCUT2D eigenvalue weighted by atomic mass is 16.5. The number of imidazole rings is 1. The van der Waals surface area contributed by atoms with E-state index >= 15 is 0 Å². The third-order valence-corrected chi connectivity index (χ3v) is 2.58. The first-order valence-electron chi connectivity index (χ1n) is 6.19. The highest BCUT2D eigenvalue weighted by molar-refractivity contribution is 5.55. The number of hydrogen-bond donors (Lipinski definition) is 1. The molecule has 1 N–H and O–H groups in total. The molecule has 0 fully saturated rings. The van der Waals surface area contributed by atoms with Gasteiger partial charge in [-0.25, -0.2) is 4.98 Å². The molecule has 0 atom stereocenters. The van der Waals surface area contributed by atoms with E-state index in [9.17, 15) is 0 Å². The fraction of sp³-hybridized carbons (Fsp3) is 0.357. The summed E-state index contributed by atoms with van der Waals surface area (Å²) in [5.74, 6) is 1.74. The largest absolute Gasteiger partial charge is 0.494 e. The fourth-order valence-corrected chi connectivity index (χ4v) is 1.72. The lowest BCUT2D eigenvalue weighted by Gasteiger charge is -2.08. The number of hydrogen-bond acceptors (Lipinski definition) is 3. The molecule has 0 saturated carbocycles. The van der Waals surface area contributed by atoms with Crippen LogP contribution in [0.1, 0.15) is 19.0 Å². The molecule has 0 spiro atoms. The van der Waals surface area contributed by atoms with Crippen molar-refractivity contribution in [1.29, 1.82) is 0 Å². The Balaban J connectivity index is 2.04. The highest BCUT2D eigenvalue weighted by Gasteiger charge is 2.02. The van der Waals surface area contributed by atoms with Crippen molar-refractivity contribution in [2.45, 2.75) is 20.3 Å². The van der Waals surface area contributed by atoms with Crippen molar-refractivity contribution in [2.75, 3.05) is 11.9 Å². The second kappa shape index (κ2) is 5.58. The van der Waals surface area contributed by atoms with E-state index < -0.39 is 0 Å². The molecule has 0 bridgehead atoms. The minimum absolute atomic E-state index is 0.755. The van der Waals surface area contributed by atoms with Gasteiger partial charge >= 0.3 is 0 Å². The summed E-state index contributed by atoms with van der Waals surface area (Å²) in [6, 6.07) is 7.92. The smallest absolute Gasteiger partial charge is 0.207 e. The fourth-order valence-electron chi connectivity index (χ4n) is 1.72. The van der Waals surface area contributed by atoms with Gasteiger partial charge in [-0.15, -0.1) is 0 Å². The first-order valence-corrected chi connectivity index (χ1v) is 6.19. The molecule has 2 aromatic rings. The molecule has 0 amide bonds. The summed E-state index contributed by atoms with van der Waals surface area (Å²) in [6.45, 7) is 4.83. The van der Waals surface area contributed by atoms with Gasteiger partial charge < -0.3 is 14.6 Å². The van der Waals surface area contributed by atoms with Gasteiger partial charge in [0.2, 0.25) is 5.95 Å². The zero-order valence-corrected chi connectivity index (χ0v) is 11.1. The van der Waals surface area contributed by atoms with Crippen molar-refractivity contribution < 1.29 is 4.74 Å². The predicted octanol–water partition coefficient (Wildman–Crippen LogP) is 3.26. The standard InChI is InChI=1S/C14H19N3O/c1-4-9-18-13-7-5-12(6-8-13)16-14-15-11(2)10-17(14)3/h5-8,10H,4,9H2,1-3H3,(H,15,16). The van der Waals surface area contributed by atoms with E-state index in [1.165, 1.54) is 0 Å².